The number of fused-ring (bicyclic) bond motifs is 1. The number of amides is 1. The van der Waals surface area contributed by atoms with Gasteiger partial charge < -0.3 is 9.88 Å². The Hall–Kier alpha value is -2.57. The molecule has 0 aliphatic rings. The number of carbonyl (C=O) groups is 1. The molecule has 4 rings (SSSR count). The van der Waals surface area contributed by atoms with Crippen LogP contribution in [0, 0.1) is 6.92 Å². The van der Waals surface area contributed by atoms with E-state index in [1.807, 2.05) is 49.4 Å². The Morgan fingerprint density at radius 3 is 2.79 bits per heavy atom. The lowest BCUT2D eigenvalue weighted by atomic mass is 10.2. The van der Waals surface area contributed by atoms with Crippen LogP contribution in [0.15, 0.2) is 70.9 Å². The summed E-state index contributed by atoms with van der Waals surface area (Å²) in [6.45, 7) is 3.25. The van der Waals surface area contributed by atoms with E-state index in [4.69, 9.17) is 0 Å². The molecule has 2 aromatic carbocycles. The molecule has 28 heavy (non-hydrogen) atoms. The van der Waals surface area contributed by atoms with E-state index < -0.39 is 0 Å². The molecule has 0 fully saturated rings. The second-order valence-corrected chi connectivity index (χ2v) is 8.47. The maximum Gasteiger partial charge on any atom is 0.252 e. The van der Waals surface area contributed by atoms with E-state index in [0.717, 1.165) is 33.1 Å². The first-order chi connectivity index (χ1) is 13.7. The molecule has 2 heterocycles. The van der Waals surface area contributed by atoms with Gasteiger partial charge in [-0.2, -0.15) is 0 Å². The standard InChI is InChI=1S/C22H21N3OS2/c1-16-24-19-9-3-4-10-20(19)25(16)13-12-23-22(26)18-8-2-5-11-21(18)28-15-17-7-6-14-27-17/h2-11,14H,12-13,15H2,1H3,(H,23,26). The minimum Gasteiger partial charge on any atom is -0.350 e. The average Bonchev–Trinajstić information content (AvgIpc) is 3.34. The number of carbonyl (C=O) groups excluding carboxylic acids is 1. The van der Waals surface area contributed by atoms with E-state index >= 15 is 0 Å². The van der Waals surface area contributed by atoms with Crippen LogP contribution in [-0.4, -0.2) is 22.0 Å². The maximum absolute atomic E-state index is 12.8. The van der Waals surface area contributed by atoms with Gasteiger partial charge in [0.05, 0.1) is 16.6 Å². The number of para-hydroxylation sites is 2. The van der Waals surface area contributed by atoms with Crippen molar-refractivity contribution in [1.82, 2.24) is 14.9 Å². The second kappa shape index (κ2) is 8.63. The molecule has 4 aromatic rings. The van der Waals surface area contributed by atoms with Crippen molar-refractivity contribution in [2.75, 3.05) is 6.54 Å². The van der Waals surface area contributed by atoms with Crippen molar-refractivity contribution < 1.29 is 4.79 Å². The average molecular weight is 408 g/mol. The lowest BCUT2D eigenvalue weighted by Crippen LogP contribution is -2.27. The molecule has 1 amide bonds. The van der Waals surface area contributed by atoms with Crippen LogP contribution in [0.25, 0.3) is 11.0 Å². The zero-order valence-corrected chi connectivity index (χ0v) is 17.2. The highest BCUT2D eigenvalue weighted by Crippen LogP contribution is 2.28. The van der Waals surface area contributed by atoms with Gasteiger partial charge in [-0.05, 0) is 42.6 Å². The number of imidazole rings is 1. The number of thiophene rings is 1. The van der Waals surface area contributed by atoms with E-state index in [9.17, 15) is 4.79 Å². The van der Waals surface area contributed by atoms with Crippen LogP contribution in [0.5, 0.6) is 0 Å². The van der Waals surface area contributed by atoms with Crippen LogP contribution in [0.4, 0.5) is 0 Å². The van der Waals surface area contributed by atoms with Gasteiger partial charge in [-0.1, -0.05) is 30.3 Å². The van der Waals surface area contributed by atoms with Crippen molar-refractivity contribution in [3.05, 3.63) is 82.3 Å². The molecule has 2 aromatic heterocycles. The normalized spacial score (nSPS) is 11.0. The van der Waals surface area contributed by atoms with Gasteiger partial charge in [-0.15, -0.1) is 23.1 Å². The molecular weight excluding hydrogens is 386 g/mol. The molecule has 6 heteroatoms. The van der Waals surface area contributed by atoms with Crippen molar-refractivity contribution >= 4 is 40.0 Å². The molecular formula is C22H21N3OS2. The second-order valence-electron chi connectivity index (χ2n) is 6.42. The Kier molecular flexibility index (Phi) is 5.78. The number of hydrogen-bond acceptors (Lipinski definition) is 4. The van der Waals surface area contributed by atoms with Crippen molar-refractivity contribution in [2.24, 2.45) is 0 Å². The summed E-state index contributed by atoms with van der Waals surface area (Å²) in [5.74, 6) is 1.81. The smallest absolute Gasteiger partial charge is 0.252 e. The molecule has 4 nitrogen and oxygen atoms in total. The highest BCUT2D eigenvalue weighted by molar-refractivity contribution is 7.98. The third-order valence-electron chi connectivity index (χ3n) is 4.55. The minimum atomic E-state index is -0.0312. The Labute approximate surface area is 172 Å². The number of benzene rings is 2. The fourth-order valence-electron chi connectivity index (χ4n) is 3.18. The van der Waals surface area contributed by atoms with Crippen LogP contribution in [0.2, 0.25) is 0 Å². The summed E-state index contributed by atoms with van der Waals surface area (Å²) < 4.78 is 2.15. The van der Waals surface area contributed by atoms with Crippen molar-refractivity contribution in [3.8, 4) is 0 Å². The molecule has 0 saturated heterocycles. The van der Waals surface area contributed by atoms with Gasteiger partial charge in [0, 0.05) is 28.6 Å². The number of hydrogen-bond donors (Lipinski definition) is 1. The molecule has 1 N–H and O–H groups in total. The zero-order valence-electron chi connectivity index (χ0n) is 15.6. The van der Waals surface area contributed by atoms with Gasteiger partial charge in [0.1, 0.15) is 5.82 Å². The van der Waals surface area contributed by atoms with Gasteiger partial charge in [0.25, 0.3) is 5.91 Å². The van der Waals surface area contributed by atoms with E-state index in [1.165, 1.54) is 4.88 Å². The van der Waals surface area contributed by atoms with E-state index in [2.05, 4.69) is 38.4 Å². The summed E-state index contributed by atoms with van der Waals surface area (Å²) in [5.41, 5.74) is 2.82. The molecule has 0 aliphatic heterocycles. The fraction of sp³-hybridized carbons (Fsp3) is 0.182. The van der Waals surface area contributed by atoms with Crippen LogP contribution in [0.3, 0.4) is 0 Å². The first kappa shape index (κ1) is 18.8. The Morgan fingerprint density at radius 2 is 1.93 bits per heavy atom. The van der Waals surface area contributed by atoms with Crippen LogP contribution >= 0.6 is 23.1 Å². The van der Waals surface area contributed by atoms with Gasteiger partial charge in [-0.25, -0.2) is 4.98 Å². The summed E-state index contributed by atoms with van der Waals surface area (Å²) >= 11 is 3.44. The number of thioether (sulfide) groups is 1. The quantitative estimate of drug-likeness (QED) is 0.432. The highest BCUT2D eigenvalue weighted by atomic mass is 32.2. The first-order valence-electron chi connectivity index (χ1n) is 9.16. The summed E-state index contributed by atoms with van der Waals surface area (Å²) in [5, 5.41) is 5.14. The number of aryl methyl sites for hydroxylation is 1. The third kappa shape index (κ3) is 4.13. The SMILES string of the molecule is Cc1nc2ccccc2n1CCNC(=O)c1ccccc1SCc1cccs1. The Morgan fingerprint density at radius 1 is 1.11 bits per heavy atom. The molecule has 0 aliphatic carbocycles. The molecule has 0 bridgehead atoms. The number of rotatable bonds is 7. The summed E-state index contributed by atoms with van der Waals surface area (Å²) in [4.78, 5) is 19.7. The number of aromatic nitrogens is 2. The zero-order chi connectivity index (χ0) is 19.3. The molecule has 0 saturated carbocycles. The molecule has 0 spiro atoms. The summed E-state index contributed by atoms with van der Waals surface area (Å²) in [6, 6.07) is 20.1. The van der Waals surface area contributed by atoms with Crippen LogP contribution in [-0.2, 0) is 12.3 Å². The highest BCUT2D eigenvalue weighted by Gasteiger charge is 2.12. The minimum absolute atomic E-state index is 0.0312. The molecule has 0 radical (unpaired) electrons. The monoisotopic (exact) mass is 407 g/mol. The molecule has 142 valence electrons. The van der Waals surface area contributed by atoms with Crippen LogP contribution in [0.1, 0.15) is 21.1 Å². The Bertz CT molecular complexity index is 1090. The number of nitrogens with one attached hydrogen (secondary N) is 1. The summed E-state index contributed by atoms with van der Waals surface area (Å²) in [6.07, 6.45) is 0. The molecule has 0 atom stereocenters. The van der Waals surface area contributed by atoms with Crippen molar-refractivity contribution in [1.29, 1.82) is 0 Å². The third-order valence-corrected chi connectivity index (χ3v) is 6.73. The van der Waals surface area contributed by atoms with Gasteiger partial charge in [-0.3, -0.25) is 4.79 Å². The van der Waals surface area contributed by atoms with E-state index in [0.29, 0.717) is 13.1 Å². The largest absolute Gasteiger partial charge is 0.350 e. The predicted octanol–water partition coefficient (Wildman–Crippen LogP) is 5.13. The predicted molar refractivity (Wildman–Crippen MR) is 117 cm³/mol. The summed E-state index contributed by atoms with van der Waals surface area (Å²) in [7, 11) is 0. The van der Waals surface area contributed by atoms with Gasteiger partial charge >= 0.3 is 0 Å². The van der Waals surface area contributed by atoms with Crippen molar-refractivity contribution in [2.45, 2.75) is 24.1 Å². The first-order valence-corrected chi connectivity index (χ1v) is 11.0. The lowest BCUT2D eigenvalue weighted by molar-refractivity contribution is 0.0949. The van der Waals surface area contributed by atoms with E-state index in [1.54, 1.807) is 23.1 Å². The van der Waals surface area contributed by atoms with Crippen molar-refractivity contribution in [3.63, 3.8) is 0 Å². The lowest BCUT2D eigenvalue weighted by Gasteiger charge is -2.11. The number of nitrogens with zero attached hydrogens (tertiary/aromatic N) is 2. The van der Waals surface area contributed by atoms with Gasteiger partial charge in [0.2, 0.25) is 0 Å². The van der Waals surface area contributed by atoms with Gasteiger partial charge in [0.15, 0.2) is 0 Å². The van der Waals surface area contributed by atoms with Crippen LogP contribution < -0.4 is 5.32 Å². The molecule has 0 unspecified atom stereocenters. The maximum atomic E-state index is 12.8. The van der Waals surface area contributed by atoms with E-state index in [-0.39, 0.29) is 5.91 Å². The fourth-order valence-corrected chi connectivity index (χ4v) is 5.00. The Balaban J connectivity index is 1.40. The topological polar surface area (TPSA) is 46.9 Å².